The fraction of sp³-hybridized carbons (Fsp3) is 0.562. The van der Waals surface area contributed by atoms with Gasteiger partial charge in [0.1, 0.15) is 0 Å². The summed E-state index contributed by atoms with van der Waals surface area (Å²) in [6.07, 6.45) is 0.930. The SMILES string of the molecule is COc1ccc(C(=O)NCCCN2CCOCC2)cc1OC.[Cl-]. The molecule has 0 radical (unpaired) electrons. The zero-order chi connectivity index (χ0) is 15.8. The maximum atomic E-state index is 12.1. The minimum Gasteiger partial charge on any atom is -1.00 e. The zero-order valence-corrected chi connectivity index (χ0v) is 14.4. The van der Waals surface area contributed by atoms with Gasteiger partial charge in [0.05, 0.1) is 27.4 Å². The summed E-state index contributed by atoms with van der Waals surface area (Å²) in [7, 11) is 3.13. The molecule has 23 heavy (non-hydrogen) atoms. The summed E-state index contributed by atoms with van der Waals surface area (Å²) in [5.74, 6) is 1.08. The van der Waals surface area contributed by atoms with Crippen molar-refractivity contribution in [3.8, 4) is 11.5 Å². The van der Waals surface area contributed by atoms with Gasteiger partial charge in [0.25, 0.3) is 5.91 Å². The van der Waals surface area contributed by atoms with E-state index in [9.17, 15) is 4.79 Å². The number of carbonyl (C=O) groups excluding carboxylic acids is 1. The van der Waals surface area contributed by atoms with E-state index >= 15 is 0 Å². The van der Waals surface area contributed by atoms with Gasteiger partial charge in [-0.25, -0.2) is 0 Å². The molecule has 2 rings (SSSR count). The predicted octanol–water partition coefficient (Wildman–Crippen LogP) is -1.84. The van der Waals surface area contributed by atoms with Crippen LogP contribution in [-0.2, 0) is 4.74 Å². The average molecular weight is 344 g/mol. The van der Waals surface area contributed by atoms with E-state index in [1.54, 1.807) is 32.4 Å². The molecule has 1 aromatic carbocycles. The molecule has 1 aliphatic heterocycles. The number of benzene rings is 1. The topological polar surface area (TPSA) is 60.0 Å². The van der Waals surface area contributed by atoms with Crippen LogP contribution in [0.5, 0.6) is 11.5 Å². The van der Waals surface area contributed by atoms with E-state index in [1.165, 1.54) is 0 Å². The van der Waals surface area contributed by atoms with Gasteiger partial charge in [-0.1, -0.05) is 0 Å². The molecule has 0 unspecified atom stereocenters. The average Bonchev–Trinajstić information content (AvgIpc) is 2.58. The van der Waals surface area contributed by atoms with E-state index in [0.717, 1.165) is 39.3 Å². The van der Waals surface area contributed by atoms with E-state index in [4.69, 9.17) is 14.2 Å². The third-order valence-electron chi connectivity index (χ3n) is 3.69. The molecule has 130 valence electrons. The van der Waals surface area contributed by atoms with Gasteiger partial charge in [0.15, 0.2) is 11.5 Å². The van der Waals surface area contributed by atoms with E-state index in [1.807, 2.05) is 0 Å². The summed E-state index contributed by atoms with van der Waals surface area (Å²) in [6, 6.07) is 5.16. The zero-order valence-electron chi connectivity index (χ0n) is 13.6. The van der Waals surface area contributed by atoms with Gasteiger partial charge in [-0.3, -0.25) is 9.69 Å². The second-order valence-electron chi connectivity index (χ2n) is 5.13. The van der Waals surface area contributed by atoms with Gasteiger partial charge in [-0.15, -0.1) is 0 Å². The van der Waals surface area contributed by atoms with Crippen molar-refractivity contribution in [3.05, 3.63) is 23.8 Å². The fourth-order valence-corrected chi connectivity index (χ4v) is 2.41. The maximum Gasteiger partial charge on any atom is 0.251 e. The molecule has 1 fully saturated rings. The Hall–Kier alpha value is -1.50. The monoisotopic (exact) mass is 343 g/mol. The summed E-state index contributed by atoms with van der Waals surface area (Å²) >= 11 is 0. The highest BCUT2D eigenvalue weighted by Gasteiger charge is 2.12. The second-order valence-corrected chi connectivity index (χ2v) is 5.13. The molecular weight excluding hydrogens is 320 g/mol. The van der Waals surface area contributed by atoms with Gasteiger partial charge >= 0.3 is 0 Å². The molecule has 0 aliphatic carbocycles. The van der Waals surface area contributed by atoms with E-state index in [-0.39, 0.29) is 18.3 Å². The summed E-state index contributed by atoms with van der Waals surface area (Å²) < 4.78 is 15.7. The fourth-order valence-electron chi connectivity index (χ4n) is 2.41. The lowest BCUT2D eigenvalue weighted by Gasteiger charge is -2.26. The molecule has 0 atom stereocenters. The quantitative estimate of drug-likeness (QED) is 0.590. The van der Waals surface area contributed by atoms with Crippen molar-refractivity contribution in [2.45, 2.75) is 6.42 Å². The first-order chi connectivity index (χ1) is 10.7. The number of halogens is 1. The molecule has 6 nitrogen and oxygen atoms in total. The number of morpholine rings is 1. The summed E-state index contributed by atoms with van der Waals surface area (Å²) in [4.78, 5) is 14.5. The number of carbonyl (C=O) groups is 1. The lowest BCUT2D eigenvalue weighted by Crippen LogP contribution is -3.00. The third-order valence-corrected chi connectivity index (χ3v) is 3.69. The molecule has 7 heteroatoms. The third kappa shape index (κ3) is 5.89. The molecule has 1 heterocycles. The number of ether oxygens (including phenoxy) is 3. The summed E-state index contributed by atoms with van der Waals surface area (Å²) in [5.41, 5.74) is 0.573. The van der Waals surface area contributed by atoms with Crippen LogP contribution in [0.15, 0.2) is 18.2 Å². The number of hydrogen-bond donors (Lipinski definition) is 1. The Morgan fingerprint density at radius 2 is 1.91 bits per heavy atom. The lowest BCUT2D eigenvalue weighted by molar-refractivity contribution is -0.0000146. The first-order valence-corrected chi connectivity index (χ1v) is 7.55. The Bertz CT molecular complexity index is 493. The maximum absolute atomic E-state index is 12.1. The molecule has 0 bridgehead atoms. The standard InChI is InChI=1S/C16H24N2O4.ClH/c1-20-14-5-4-13(12-15(14)21-2)16(19)17-6-3-7-18-8-10-22-11-9-18;/h4-5,12H,3,6-11H2,1-2H3,(H,17,19);1H/p-1. The van der Waals surface area contributed by atoms with E-state index in [2.05, 4.69) is 10.2 Å². The normalized spacial score (nSPS) is 14.7. The highest BCUT2D eigenvalue weighted by atomic mass is 35.5. The lowest BCUT2D eigenvalue weighted by atomic mass is 10.2. The second kappa shape index (κ2) is 10.3. The molecule has 1 amide bonds. The van der Waals surface area contributed by atoms with Crippen LogP contribution >= 0.6 is 0 Å². The van der Waals surface area contributed by atoms with Crippen LogP contribution in [0.25, 0.3) is 0 Å². The number of hydrogen-bond acceptors (Lipinski definition) is 5. The van der Waals surface area contributed by atoms with Crippen molar-refractivity contribution in [1.29, 1.82) is 0 Å². The summed E-state index contributed by atoms with van der Waals surface area (Å²) in [6.45, 7) is 5.20. The number of nitrogens with one attached hydrogen (secondary N) is 1. The van der Waals surface area contributed by atoms with E-state index < -0.39 is 0 Å². The molecular formula is C16H24ClN2O4-. The van der Waals surface area contributed by atoms with Gasteiger partial charge in [0, 0.05) is 25.2 Å². The van der Waals surface area contributed by atoms with Crippen LogP contribution in [0.3, 0.4) is 0 Å². The van der Waals surface area contributed by atoms with Gasteiger partial charge < -0.3 is 31.9 Å². The molecule has 1 aliphatic rings. The minimum atomic E-state index is -0.0945. The molecule has 1 aromatic rings. The van der Waals surface area contributed by atoms with E-state index in [0.29, 0.717) is 23.6 Å². The van der Waals surface area contributed by atoms with Crippen molar-refractivity contribution in [1.82, 2.24) is 10.2 Å². The van der Waals surface area contributed by atoms with Crippen molar-refractivity contribution < 1.29 is 31.4 Å². The molecule has 0 spiro atoms. The molecule has 1 N–H and O–H groups in total. The van der Waals surface area contributed by atoms with Crippen LogP contribution in [0.2, 0.25) is 0 Å². The Morgan fingerprint density at radius 1 is 1.22 bits per heavy atom. The largest absolute Gasteiger partial charge is 1.00 e. The van der Waals surface area contributed by atoms with Gasteiger partial charge in [0.2, 0.25) is 0 Å². The molecule has 0 saturated carbocycles. The van der Waals surface area contributed by atoms with Gasteiger partial charge in [-0.05, 0) is 31.2 Å². The summed E-state index contributed by atoms with van der Waals surface area (Å²) in [5, 5.41) is 2.93. The Kier molecular flexibility index (Phi) is 8.76. The Labute approximate surface area is 143 Å². The first kappa shape index (κ1) is 19.5. The van der Waals surface area contributed by atoms with Crippen LogP contribution in [0.4, 0.5) is 0 Å². The Morgan fingerprint density at radius 3 is 2.57 bits per heavy atom. The highest BCUT2D eigenvalue weighted by Crippen LogP contribution is 2.27. The van der Waals surface area contributed by atoms with Crippen LogP contribution in [0.1, 0.15) is 16.8 Å². The smallest absolute Gasteiger partial charge is 0.251 e. The number of rotatable bonds is 7. The molecule has 0 aromatic heterocycles. The van der Waals surface area contributed by atoms with Gasteiger partial charge in [-0.2, -0.15) is 0 Å². The Balaban J connectivity index is 0.00000264. The van der Waals surface area contributed by atoms with Crippen molar-refractivity contribution in [2.24, 2.45) is 0 Å². The van der Waals surface area contributed by atoms with Crippen molar-refractivity contribution in [2.75, 3.05) is 53.6 Å². The predicted molar refractivity (Wildman–Crippen MR) is 83.8 cm³/mol. The van der Waals surface area contributed by atoms with Crippen LogP contribution in [0, 0.1) is 0 Å². The number of nitrogens with zero attached hydrogens (tertiary/aromatic N) is 1. The highest BCUT2D eigenvalue weighted by molar-refractivity contribution is 5.94. The van der Waals surface area contributed by atoms with Crippen LogP contribution < -0.4 is 27.2 Å². The van der Waals surface area contributed by atoms with Crippen molar-refractivity contribution >= 4 is 5.91 Å². The van der Waals surface area contributed by atoms with Crippen molar-refractivity contribution in [3.63, 3.8) is 0 Å². The molecule has 1 saturated heterocycles. The number of methoxy groups -OCH3 is 2. The first-order valence-electron chi connectivity index (χ1n) is 7.55. The minimum absolute atomic E-state index is 0. The van der Waals surface area contributed by atoms with Crippen LogP contribution in [-0.4, -0.2) is 64.4 Å². The number of amides is 1.